The molecular formula is C25H31ClO7. The lowest BCUT2D eigenvalue weighted by Gasteiger charge is -2.53. The summed E-state index contributed by atoms with van der Waals surface area (Å²) in [6.45, 7) is 3.88. The van der Waals surface area contributed by atoms with Gasteiger partial charge < -0.3 is 35.4 Å². The van der Waals surface area contributed by atoms with Crippen molar-refractivity contribution < 1.29 is 35.4 Å². The fraction of sp³-hybridized carbons (Fsp3) is 0.520. The van der Waals surface area contributed by atoms with Gasteiger partial charge in [-0.3, -0.25) is 0 Å². The molecule has 2 aliphatic carbocycles. The van der Waals surface area contributed by atoms with E-state index < -0.39 is 47.5 Å². The Morgan fingerprint density at radius 1 is 1.03 bits per heavy atom. The number of halogens is 1. The quantitative estimate of drug-likeness (QED) is 0.367. The SMILES string of the molecule is CCOc1ccc(Cc2cc([C@]34C(O)C[C@@]([C@H](C)O)(C3O)[C@H](O)[C@H](O)[C@@H]4O)ccc2Cl)cc1. The Kier molecular flexibility index (Phi) is 6.52. The molecule has 180 valence electrons. The highest BCUT2D eigenvalue weighted by Gasteiger charge is 2.75. The molecule has 0 spiro atoms. The largest absolute Gasteiger partial charge is 0.494 e. The summed E-state index contributed by atoms with van der Waals surface area (Å²) in [6.07, 6.45) is -8.73. The van der Waals surface area contributed by atoms with Crippen molar-refractivity contribution in [2.45, 2.75) is 68.7 Å². The van der Waals surface area contributed by atoms with Gasteiger partial charge >= 0.3 is 0 Å². The molecule has 8 heteroatoms. The van der Waals surface area contributed by atoms with Gasteiger partial charge in [-0.15, -0.1) is 0 Å². The Balaban J connectivity index is 1.76. The second kappa shape index (κ2) is 8.82. The number of rotatable bonds is 6. The Morgan fingerprint density at radius 3 is 2.30 bits per heavy atom. The molecule has 6 N–H and O–H groups in total. The average molecular weight is 479 g/mol. The van der Waals surface area contributed by atoms with E-state index in [0.717, 1.165) is 11.3 Å². The van der Waals surface area contributed by atoms with Crippen LogP contribution in [-0.4, -0.2) is 73.9 Å². The smallest absolute Gasteiger partial charge is 0.119 e. The van der Waals surface area contributed by atoms with Crippen molar-refractivity contribution in [2.24, 2.45) is 5.41 Å². The molecule has 0 aromatic heterocycles. The zero-order valence-electron chi connectivity index (χ0n) is 18.6. The minimum absolute atomic E-state index is 0.183. The lowest BCUT2D eigenvalue weighted by atomic mass is 9.58. The maximum atomic E-state index is 11.4. The van der Waals surface area contributed by atoms with Crippen LogP contribution in [0.25, 0.3) is 0 Å². The molecular weight excluding hydrogens is 448 g/mol. The van der Waals surface area contributed by atoms with Gasteiger partial charge in [0.15, 0.2) is 0 Å². The van der Waals surface area contributed by atoms with Crippen LogP contribution in [0.4, 0.5) is 0 Å². The van der Waals surface area contributed by atoms with Crippen molar-refractivity contribution in [3.63, 3.8) is 0 Å². The Bertz CT molecular complexity index is 997. The maximum Gasteiger partial charge on any atom is 0.119 e. The first-order valence-corrected chi connectivity index (χ1v) is 11.6. The molecule has 2 saturated carbocycles. The van der Waals surface area contributed by atoms with Gasteiger partial charge in [0.2, 0.25) is 0 Å². The van der Waals surface area contributed by atoms with Crippen molar-refractivity contribution in [1.82, 2.24) is 0 Å². The van der Waals surface area contributed by atoms with Crippen molar-refractivity contribution >= 4 is 11.6 Å². The molecule has 2 aromatic rings. The summed E-state index contributed by atoms with van der Waals surface area (Å²) in [6, 6.07) is 12.5. The molecule has 0 radical (unpaired) electrons. The third-order valence-electron chi connectivity index (χ3n) is 7.70. The molecule has 33 heavy (non-hydrogen) atoms. The first kappa shape index (κ1) is 24.4. The van der Waals surface area contributed by atoms with Crippen LogP contribution in [0.1, 0.15) is 37.0 Å². The van der Waals surface area contributed by atoms with Crippen molar-refractivity contribution in [2.75, 3.05) is 6.61 Å². The van der Waals surface area contributed by atoms with Gasteiger partial charge in [-0.25, -0.2) is 0 Å². The van der Waals surface area contributed by atoms with Crippen LogP contribution in [0.3, 0.4) is 0 Å². The second-order valence-electron chi connectivity index (χ2n) is 9.28. The summed E-state index contributed by atoms with van der Waals surface area (Å²) in [5.74, 6) is 0.754. The fourth-order valence-corrected chi connectivity index (χ4v) is 6.08. The molecule has 2 aromatic carbocycles. The molecule has 0 aliphatic heterocycles. The standard InChI is InChI=1S/C25H31ClO7/c1-3-33-17-7-4-14(5-8-17)10-15-11-16(6-9-18(15)26)25-19(28)12-24(13(2)27,23(25)32)21(30)20(29)22(25)31/h4-9,11,13,19-23,27-32H,3,10,12H2,1-2H3/t13-,19?,20-,21+,22-,23?,24-,25+/m0/s1. The number of aliphatic hydroxyl groups is 6. The molecule has 2 fully saturated rings. The van der Waals surface area contributed by atoms with Crippen LogP contribution >= 0.6 is 11.6 Å². The van der Waals surface area contributed by atoms with Crippen LogP contribution in [0.2, 0.25) is 5.02 Å². The Hall–Kier alpha value is -1.71. The monoisotopic (exact) mass is 478 g/mol. The first-order valence-electron chi connectivity index (χ1n) is 11.2. The van der Waals surface area contributed by atoms with E-state index in [-0.39, 0.29) is 6.42 Å². The third kappa shape index (κ3) is 3.49. The number of fused-ring (bicyclic) bond motifs is 2. The van der Waals surface area contributed by atoms with Crippen LogP contribution in [0.5, 0.6) is 5.75 Å². The lowest BCUT2D eigenvalue weighted by molar-refractivity contribution is -0.232. The highest BCUT2D eigenvalue weighted by atomic mass is 35.5. The molecule has 2 bridgehead atoms. The summed E-state index contributed by atoms with van der Waals surface area (Å²) in [5, 5.41) is 65.9. The zero-order chi connectivity index (χ0) is 24.1. The normalized spacial score (nSPS) is 36.6. The molecule has 2 aliphatic rings. The predicted octanol–water partition coefficient (Wildman–Crippen LogP) is 1.16. The summed E-state index contributed by atoms with van der Waals surface area (Å²) in [7, 11) is 0. The van der Waals surface area contributed by atoms with Crippen LogP contribution < -0.4 is 4.74 Å². The van der Waals surface area contributed by atoms with Gasteiger partial charge in [0, 0.05) is 5.02 Å². The third-order valence-corrected chi connectivity index (χ3v) is 8.07. The van der Waals surface area contributed by atoms with Crippen LogP contribution in [-0.2, 0) is 11.8 Å². The van der Waals surface area contributed by atoms with E-state index in [4.69, 9.17) is 16.3 Å². The Morgan fingerprint density at radius 2 is 1.70 bits per heavy atom. The highest BCUT2D eigenvalue weighted by molar-refractivity contribution is 6.31. The number of ether oxygens (including phenoxy) is 1. The molecule has 0 amide bonds. The van der Waals surface area contributed by atoms with Gasteiger partial charge in [0.25, 0.3) is 0 Å². The highest BCUT2D eigenvalue weighted by Crippen LogP contribution is 2.61. The van der Waals surface area contributed by atoms with E-state index in [1.165, 1.54) is 6.92 Å². The van der Waals surface area contributed by atoms with Crippen LogP contribution in [0, 0.1) is 5.41 Å². The maximum absolute atomic E-state index is 11.4. The topological polar surface area (TPSA) is 131 Å². The van der Waals surface area contributed by atoms with E-state index in [9.17, 15) is 30.6 Å². The average Bonchev–Trinajstić information content (AvgIpc) is 3.00. The lowest BCUT2D eigenvalue weighted by Crippen LogP contribution is -2.70. The van der Waals surface area contributed by atoms with Gasteiger partial charge in [0.1, 0.15) is 11.9 Å². The van der Waals surface area contributed by atoms with E-state index in [2.05, 4.69) is 0 Å². The van der Waals surface area contributed by atoms with E-state index in [1.54, 1.807) is 18.2 Å². The zero-order valence-corrected chi connectivity index (χ0v) is 19.4. The fourth-order valence-electron chi connectivity index (χ4n) is 5.89. The van der Waals surface area contributed by atoms with Crippen molar-refractivity contribution in [3.8, 4) is 5.75 Å². The van der Waals surface area contributed by atoms with Crippen LogP contribution in [0.15, 0.2) is 42.5 Å². The van der Waals surface area contributed by atoms with Gasteiger partial charge in [0.05, 0.1) is 48.0 Å². The predicted molar refractivity (Wildman–Crippen MR) is 122 cm³/mol. The number of hydrogen-bond donors (Lipinski definition) is 6. The van der Waals surface area contributed by atoms with Gasteiger partial charge in [-0.1, -0.05) is 35.9 Å². The molecule has 0 heterocycles. The molecule has 8 atom stereocenters. The minimum Gasteiger partial charge on any atom is -0.494 e. The van der Waals surface area contributed by atoms with E-state index in [0.29, 0.717) is 29.2 Å². The minimum atomic E-state index is -1.70. The molecule has 0 saturated heterocycles. The van der Waals surface area contributed by atoms with Crippen molar-refractivity contribution in [3.05, 3.63) is 64.2 Å². The molecule has 7 nitrogen and oxygen atoms in total. The number of benzene rings is 2. The summed E-state index contributed by atoms with van der Waals surface area (Å²) in [4.78, 5) is 0. The molecule has 2 unspecified atom stereocenters. The van der Waals surface area contributed by atoms with Gasteiger partial charge in [-0.05, 0) is 61.6 Å². The first-order chi connectivity index (χ1) is 15.6. The summed E-state index contributed by atoms with van der Waals surface area (Å²) < 4.78 is 5.47. The second-order valence-corrected chi connectivity index (χ2v) is 9.69. The summed E-state index contributed by atoms with van der Waals surface area (Å²) in [5.41, 5.74) is -1.25. The summed E-state index contributed by atoms with van der Waals surface area (Å²) >= 11 is 6.46. The van der Waals surface area contributed by atoms with E-state index in [1.807, 2.05) is 31.2 Å². The molecule has 4 rings (SSSR count). The Labute approximate surface area is 197 Å². The number of hydrogen-bond acceptors (Lipinski definition) is 7. The van der Waals surface area contributed by atoms with E-state index >= 15 is 0 Å². The number of aliphatic hydroxyl groups excluding tert-OH is 6. The van der Waals surface area contributed by atoms with Crippen molar-refractivity contribution in [1.29, 1.82) is 0 Å². The van der Waals surface area contributed by atoms with Gasteiger partial charge in [-0.2, -0.15) is 0 Å².